The highest BCUT2D eigenvalue weighted by molar-refractivity contribution is 7.14. The SMILES string of the molecule is Cc1csc(NC(=O)CN(C)[C@H](C)c2ccc(C)s2)n1. The Bertz CT molecular complexity index is 591. The second-order valence-corrected chi connectivity index (χ2v) is 7.06. The number of nitrogens with zero attached hydrogens (tertiary/aromatic N) is 2. The van der Waals surface area contributed by atoms with Gasteiger partial charge in [0.05, 0.1) is 12.2 Å². The van der Waals surface area contributed by atoms with Crippen LogP contribution in [0.3, 0.4) is 0 Å². The molecule has 20 heavy (non-hydrogen) atoms. The van der Waals surface area contributed by atoms with Crippen molar-refractivity contribution in [2.45, 2.75) is 26.8 Å². The maximum absolute atomic E-state index is 12.0. The molecule has 0 bridgehead atoms. The number of thiazole rings is 1. The minimum absolute atomic E-state index is 0.0259. The number of carbonyl (C=O) groups is 1. The van der Waals surface area contributed by atoms with E-state index in [1.54, 1.807) is 11.3 Å². The predicted octanol–water partition coefficient (Wildman–Crippen LogP) is 3.45. The van der Waals surface area contributed by atoms with Crippen LogP contribution in [0.2, 0.25) is 0 Å². The normalized spacial score (nSPS) is 12.7. The van der Waals surface area contributed by atoms with Crippen LogP contribution in [-0.4, -0.2) is 29.4 Å². The quantitative estimate of drug-likeness (QED) is 0.920. The van der Waals surface area contributed by atoms with E-state index >= 15 is 0 Å². The Morgan fingerprint density at radius 1 is 1.45 bits per heavy atom. The zero-order valence-corrected chi connectivity index (χ0v) is 13.8. The van der Waals surface area contributed by atoms with Crippen molar-refractivity contribution >= 4 is 33.7 Å². The van der Waals surface area contributed by atoms with Gasteiger partial charge in [0.15, 0.2) is 5.13 Å². The number of rotatable bonds is 5. The lowest BCUT2D eigenvalue weighted by Crippen LogP contribution is -2.31. The number of aromatic nitrogens is 1. The number of hydrogen-bond donors (Lipinski definition) is 1. The minimum Gasteiger partial charge on any atom is -0.301 e. The van der Waals surface area contributed by atoms with E-state index in [4.69, 9.17) is 0 Å². The Labute approximate surface area is 127 Å². The van der Waals surface area contributed by atoms with E-state index in [1.165, 1.54) is 21.1 Å². The van der Waals surface area contributed by atoms with Gasteiger partial charge in [-0.1, -0.05) is 0 Å². The summed E-state index contributed by atoms with van der Waals surface area (Å²) in [7, 11) is 1.96. The summed E-state index contributed by atoms with van der Waals surface area (Å²) in [6.45, 7) is 6.49. The molecule has 1 atom stereocenters. The molecule has 1 amide bonds. The Morgan fingerprint density at radius 3 is 2.75 bits per heavy atom. The van der Waals surface area contributed by atoms with E-state index in [1.807, 2.05) is 24.3 Å². The van der Waals surface area contributed by atoms with Crippen LogP contribution in [0, 0.1) is 13.8 Å². The first-order valence-electron chi connectivity index (χ1n) is 6.44. The third-order valence-corrected chi connectivity index (χ3v) is 5.14. The fraction of sp³-hybridized carbons (Fsp3) is 0.429. The lowest BCUT2D eigenvalue weighted by molar-refractivity contribution is -0.117. The van der Waals surface area contributed by atoms with Crippen molar-refractivity contribution in [2.24, 2.45) is 0 Å². The molecule has 0 aliphatic rings. The highest BCUT2D eigenvalue weighted by Gasteiger charge is 2.16. The van der Waals surface area contributed by atoms with Crippen molar-refractivity contribution in [2.75, 3.05) is 18.9 Å². The monoisotopic (exact) mass is 309 g/mol. The number of hydrogen-bond acceptors (Lipinski definition) is 5. The van der Waals surface area contributed by atoms with Crippen LogP contribution in [0.15, 0.2) is 17.5 Å². The predicted molar refractivity (Wildman–Crippen MR) is 85.6 cm³/mol. The van der Waals surface area contributed by atoms with Gasteiger partial charge in [-0.3, -0.25) is 9.69 Å². The van der Waals surface area contributed by atoms with Gasteiger partial charge in [0.25, 0.3) is 0 Å². The lowest BCUT2D eigenvalue weighted by Gasteiger charge is -2.22. The van der Waals surface area contributed by atoms with Gasteiger partial charge in [0, 0.05) is 21.2 Å². The van der Waals surface area contributed by atoms with Gasteiger partial charge in [-0.05, 0) is 40.0 Å². The minimum atomic E-state index is -0.0259. The average Bonchev–Trinajstić information content (AvgIpc) is 2.97. The molecule has 0 unspecified atom stereocenters. The highest BCUT2D eigenvalue weighted by atomic mass is 32.1. The van der Waals surface area contributed by atoms with Crippen LogP contribution in [0.1, 0.15) is 28.4 Å². The van der Waals surface area contributed by atoms with Crippen LogP contribution in [0.4, 0.5) is 5.13 Å². The molecule has 0 fully saturated rings. The molecule has 2 aromatic rings. The van der Waals surface area contributed by atoms with Crippen molar-refractivity contribution in [3.8, 4) is 0 Å². The molecule has 2 aromatic heterocycles. The zero-order valence-electron chi connectivity index (χ0n) is 12.1. The summed E-state index contributed by atoms with van der Waals surface area (Å²) in [5, 5.41) is 5.43. The molecular weight excluding hydrogens is 290 g/mol. The van der Waals surface area contributed by atoms with Crippen LogP contribution < -0.4 is 5.32 Å². The summed E-state index contributed by atoms with van der Waals surface area (Å²) in [6, 6.07) is 4.48. The van der Waals surface area contributed by atoms with Crippen molar-refractivity contribution in [3.05, 3.63) is 33.0 Å². The summed E-state index contributed by atoms with van der Waals surface area (Å²) >= 11 is 3.23. The first-order chi connectivity index (χ1) is 9.45. The van der Waals surface area contributed by atoms with Gasteiger partial charge in [-0.15, -0.1) is 22.7 Å². The lowest BCUT2D eigenvalue weighted by atomic mass is 10.2. The van der Waals surface area contributed by atoms with E-state index in [0.717, 1.165) is 5.69 Å². The van der Waals surface area contributed by atoms with E-state index in [0.29, 0.717) is 11.7 Å². The first-order valence-corrected chi connectivity index (χ1v) is 8.14. The Morgan fingerprint density at radius 2 is 2.20 bits per heavy atom. The summed E-state index contributed by atoms with van der Waals surface area (Å²) in [5.74, 6) is -0.0259. The van der Waals surface area contributed by atoms with Gasteiger partial charge in [-0.2, -0.15) is 0 Å². The fourth-order valence-electron chi connectivity index (χ4n) is 1.83. The third kappa shape index (κ3) is 3.88. The number of likely N-dealkylation sites (N-methyl/N-ethyl adjacent to an activating group) is 1. The molecule has 2 rings (SSSR count). The van der Waals surface area contributed by atoms with Crippen LogP contribution >= 0.6 is 22.7 Å². The number of carbonyl (C=O) groups excluding carboxylic acids is 1. The van der Waals surface area contributed by atoms with Crippen molar-refractivity contribution in [1.29, 1.82) is 0 Å². The summed E-state index contributed by atoms with van der Waals surface area (Å²) in [6.07, 6.45) is 0. The molecule has 0 aliphatic carbocycles. The molecule has 6 heteroatoms. The van der Waals surface area contributed by atoms with Gasteiger partial charge in [0.1, 0.15) is 0 Å². The number of anilines is 1. The van der Waals surface area contributed by atoms with Crippen molar-refractivity contribution in [3.63, 3.8) is 0 Å². The summed E-state index contributed by atoms with van der Waals surface area (Å²) < 4.78 is 0. The van der Waals surface area contributed by atoms with Gasteiger partial charge in [0.2, 0.25) is 5.91 Å². The maximum atomic E-state index is 12.0. The third-order valence-electron chi connectivity index (χ3n) is 3.09. The number of thiophene rings is 1. The Hall–Kier alpha value is -1.24. The van der Waals surface area contributed by atoms with Gasteiger partial charge < -0.3 is 5.32 Å². The highest BCUT2D eigenvalue weighted by Crippen LogP contribution is 2.26. The van der Waals surface area contributed by atoms with E-state index in [9.17, 15) is 4.79 Å². The molecule has 108 valence electrons. The van der Waals surface area contributed by atoms with Gasteiger partial charge >= 0.3 is 0 Å². The summed E-state index contributed by atoms with van der Waals surface area (Å²) in [4.78, 5) is 20.8. The smallest absolute Gasteiger partial charge is 0.240 e. The van der Waals surface area contributed by atoms with Crippen molar-refractivity contribution < 1.29 is 4.79 Å². The molecule has 0 aliphatic heterocycles. The number of aryl methyl sites for hydroxylation is 2. The fourth-order valence-corrected chi connectivity index (χ4v) is 3.53. The molecule has 0 saturated heterocycles. The first kappa shape index (κ1) is 15.2. The van der Waals surface area contributed by atoms with Gasteiger partial charge in [-0.25, -0.2) is 4.98 Å². The Kier molecular flexibility index (Phi) is 4.91. The second kappa shape index (κ2) is 6.47. The van der Waals surface area contributed by atoms with Crippen molar-refractivity contribution in [1.82, 2.24) is 9.88 Å². The molecular formula is C14H19N3OS2. The number of nitrogens with one attached hydrogen (secondary N) is 1. The standard InChI is InChI=1S/C14H19N3OS2/c1-9-8-19-14(15-9)16-13(18)7-17(4)11(3)12-6-5-10(2)20-12/h5-6,8,11H,7H2,1-4H3,(H,15,16,18)/t11-/m1/s1. The Balaban J connectivity index is 1.90. The molecule has 0 radical (unpaired) electrons. The van der Waals surface area contributed by atoms with E-state index < -0.39 is 0 Å². The van der Waals surface area contributed by atoms with Crippen LogP contribution in [0.5, 0.6) is 0 Å². The maximum Gasteiger partial charge on any atom is 0.240 e. The molecule has 2 heterocycles. The van der Waals surface area contributed by atoms with Crippen LogP contribution in [0.25, 0.3) is 0 Å². The zero-order chi connectivity index (χ0) is 14.7. The average molecular weight is 309 g/mol. The van der Waals surface area contributed by atoms with E-state index in [2.05, 4.69) is 36.3 Å². The second-order valence-electron chi connectivity index (χ2n) is 4.88. The van der Waals surface area contributed by atoms with E-state index in [-0.39, 0.29) is 11.9 Å². The number of amides is 1. The molecule has 0 spiro atoms. The summed E-state index contributed by atoms with van der Waals surface area (Å²) in [5.41, 5.74) is 0.932. The molecule has 4 nitrogen and oxygen atoms in total. The van der Waals surface area contributed by atoms with Crippen LogP contribution in [-0.2, 0) is 4.79 Å². The molecule has 0 aromatic carbocycles. The molecule has 0 saturated carbocycles. The molecule has 1 N–H and O–H groups in total. The largest absolute Gasteiger partial charge is 0.301 e. The topological polar surface area (TPSA) is 45.2 Å².